The van der Waals surface area contributed by atoms with Gasteiger partial charge in [-0.25, -0.2) is 18.2 Å². The fourth-order valence-corrected chi connectivity index (χ4v) is 4.06. The van der Waals surface area contributed by atoms with Crippen LogP contribution >= 0.6 is 0 Å². The maximum Gasteiger partial charge on any atom is 1.00 e. The summed E-state index contributed by atoms with van der Waals surface area (Å²) in [4.78, 5) is 15.1. The molecule has 37 heavy (non-hydrogen) atoms. The standard InChI is InChI=1S/C25H18F6N2O3.Na/c26-20-9-22(28)21(27)7-14(20)11-36-23-19(8-15(10-33-23)25(29,30)31)18-3-1-2-17(18)12-4-13(24(34)35)6-16(32)5-12;/h4-10H,1-3,11,32H2,(H,34,35);/q;+1/p-1. The van der Waals surface area contributed by atoms with Crippen molar-refractivity contribution in [3.8, 4) is 5.88 Å². The van der Waals surface area contributed by atoms with Crippen molar-refractivity contribution in [3.63, 3.8) is 0 Å². The predicted octanol–water partition coefficient (Wildman–Crippen LogP) is 2.14. The molecule has 0 amide bonds. The molecule has 0 saturated heterocycles. The van der Waals surface area contributed by atoms with Crippen molar-refractivity contribution in [1.29, 1.82) is 0 Å². The molecule has 2 aromatic carbocycles. The Hall–Kier alpha value is -3.02. The smallest absolute Gasteiger partial charge is 0.545 e. The molecule has 0 atom stereocenters. The molecule has 0 spiro atoms. The van der Waals surface area contributed by atoms with E-state index in [0.717, 1.165) is 6.07 Å². The van der Waals surface area contributed by atoms with Crippen LogP contribution in [0.1, 0.15) is 51.9 Å². The number of carbonyl (C=O) groups is 1. The number of carbonyl (C=O) groups excluding carboxylic acids is 1. The summed E-state index contributed by atoms with van der Waals surface area (Å²) in [6.45, 7) is -0.635. The maximum absolute atomic E-state index is 14.0. The molecule has 1 aliphatic carbocycles. The number of nitrogens with two attached hydrogens (primary N) is 1. The molecule has 12 heteroatoms. The van der Waals surface area contributed by atoms with Crippen LogP contribution in [0.2, 0.25) is 0 Å². The molecule has 1 heterocycles. The first-order valence-corrected chi connectivity index (χ1v) is 10.6. The van der Waals surface area contributed by atoms with E-state index in [2.05, 4.69) is 4.98 Å². The van der Waals surface area contributed by atoms with E-state index in [9.17, 15) is 36.2 Å². The van der Waals surface area contributed by atoms with Gasteiger partial charge >= 0.3 is 35.7 Å². The third-order valence-electron chi connectivity index (χ3n) is 5.71. The Bertz CT molecular complexity index is 1390. The number of aromatic nitrogens is 1. The van der Waals surface area contributed by atoms with Crippen LogP contribution in [-0.4, -0.2) is 11.0 Å². The molecular weight excluding hydrogens is 513 g/mol. The molecule has 4 rings (SSSR count). The van der Waals surface area contributed by atoms with Crippen LogP contribution in [0.5, 0.6) is 5.88 Å². The summed E-state index contributed by atoms with van der Waals surface area (Å²) in [6.07, 6.45) is -2.94. The van der Waals surface area contributed by atoms with Gasteiger partial charge in [0.15, 0.2) is 11.6 Å². The first-order valence-electron chi connectivity index (χ1n) is 10.6. The molecule has 0 aliphatic heterocycles. The summed E-state index contributed by atoms with van der Waals surface area (Å²) in [6, 6.07) is 5.75. The van der Waals surface area contributed by atoms with Crippen molar-refractivity contribution in [1.82, 2.24) is 4.98 Å². The average Bonchev–Trinajstić information content (AvgIpc) is 3.29. The average molecular weight is 530 g/mol. The third-order valence-corrected chi connectivity index (χ3v) is 5.71. The van der Waals surface area contributed by atoms with Crippen LogP contribution in [0.3, 0.4) is 0 Å². The number of hydrogen-bond donors (Lipinski definition) is 1. The molecular formula is C25H17F6N2NaO3. The van der Waals surface area contributed by atoms with E-state index in [4.69, 9.17) is 10.5 Å². The quantitative estimate of drug-likeness (QED) is 0.229. The summed E-state index contributed by atoms with van der Waals surface area (Å²) < 4.78 is 86.7. The first kappa shape index (κ1) is 28.5. The number of allylic oxidation sites excluding steroid dienone is 2. The van der Waals surface area contributed by atoms with Crippen LogP contribution in [0.15, 0.2) is 42.6 Å². The van der Waals surface area contributed by atoms with Crippen molar-refractivity contribution in [2.75, 3.05) is 5.73 Å². The van der Waals surface area contributed by atoms with E-state index in [1.165, 1.54) is 18.2 Å². The summed E-state index contributed by atoms with van der Waals surface area (Å²) in [5, 5.41) is 11.4. The largest absolute Gasteiger partial charge is 1.00 e. The number of pyridine rings is 1. The number of alkyl halides is 3. The van der Waals surface area contributed by atoms with Gasteiger partial charge in [0.1, 0.15) is 12.4 Å². The van der Waals surface area contributed by atoms with Gasteiger partial charge in [0.05, 0.1) is 11.5 Å². The molecule has 0 saturated carbocycles. The van der Waals surface area contributed by atoms with Crippen molar-refractivity contribution < 1.29 is 70.5 Å². The van der Waals surface area contributed by atoms with E-state index in [-0.39, 0.29) is 57.8 Å². The second-order valence-corrected chi connectivity index (χ2v) is 8.16. The molecule has 0 unspecified atom stereocenters. The van der Waals surface area contributed by atoms with Crippen LogP contribution in [0.4, 0.5) is 32.0 Å². The van der Waals surface area contributed by atoms with Gasteiger partial charge in [0.2, 0.25) is 5.88 Å². The maximum atomic E-state index is 14.0. The van der Waals surface area contributed by atoms with Crippen LogP contribution in [-0.2, 0) is 12.8 Å². The Morgan fingerprint density at radius 1 is 0.973 bits per heavy atom. The Kier molecular flexibility index (Phi) is 8.61. The van der Waals surface area contributed by atoms with E-state index in [1.807, 2.05) is 0 Å². The van der Waals surface area contributed by atoms with Crippen molar-refractivity contribution in [3.05, 3.63) is 87.9 Å². The van der Waals surface area contributed by atoms with Crippen LogP contribution in [0, 0.1) is 17.5 Å². The minimum atomic E-state index is -4.73. The Labute approximate surface area is 229 Å². The zero-order chi connectivity index (χ0) is 26.2. The van der Waals surface area contributed by atoms with Crippen molar-refractivity contribution in [2.45, 2.75) is 32.0 Å². The number of carboxylic acid groups (broad SMARTS) is 1. The van der Waals surface area contributed by atoms with Gasteiger partial charge in [-0.1, -0.05) is 0 Å². The Balaban J connectivity index is 0.00000380. The number of aromatic carboxylic acids is 1. The summed E-state index contributed by atoms with van der Waals surface area (Å²) in [7, 11) is 0. The number of carboxylic acids is 1. The molecule has 3 aromatic rings. The summed E-state index contributed by atoms with van der Waals surface area (Å²) in [5.41, 5.74) is 5.60. The fraction of sp³-hybridized carbons (Fsp3) is 0.200. The van der Waals surface area contributed by atoms with E-state index in [1.54, 1.807) is 0 Å². The fourth-order valence-electron chi connectivity index (χ4n) is 4.06. The SMILES string of the molecule is Nc1cc(C(=O)[O-])cc(C2=C(c3cc(C(F)(F)F)cnc3OCc3cc(F)c(F)cc3F)CCC2)c1.[Na+]. The number of nitrogens with zero attached hydrogens (tertiary/aromatic N) is 1. The molecule has 0 bridgehead atoms. The topological polar surface area (TPSA) is 88.3 Å². The summed E-state index contributed by atoms with van der Waals surface area (Å²) in [5.74, 6) is -5.57. The summed E-state index contributed by atoms with van der Waals surface area (Å²) >= 11 is 0. The van der Waals surface area contributed by atoms with E-state index in [0.29, 0.717) is 54.3 Å². The first-order chi connectivity index (χ1) is 16.9. The van der Waals surface area contributed by atoms with Gasteiger partial charge in [-0.2, -0.15) is 13.2 Å². The van der Waals surface area contributed by atoms with Crippen molar-refractivity contribution in [2.24, 2.45) is 0 Å². The number of rotatable bonds is 6. The minimum absolute atomic E-state index is 0. The number of nitrogen functional groups attached to an aromatic ring is 1. The zero-order valence-electron chi connectivity index (χ0n) is 19.4. The number of halogens is 6. The third kappa shape index (κ3) is 6.28. The Morgan fingerprint density at radius 2 is 1.65 bits per heavy atom. The van der Waals surface area contributed by atoms with Gasteiger partial charge in [0.25, 0.3) is 0 Å². The number of benzene rings is 2. The molecule has 0 radical (unpaired) electrons. The van der Waals surface area contributed by atoms with Crippen LogP contribution < -0.4 is 45.1 Å². The number of hydrogen-bond acceptors (Lipinski definition) is 5. The zero-order valence-corrected chi connectivity index (χ0v) is 21.4. The molecule has 188 valence electrons. The second kappa shape index (κ2) is 11.2. The number of anilines is 1. The van der Waals surface area contributed by atoms with Crippen molar-refractivity contribution >= 4 is 22.8 Å². The molecule has 5 nitrogen and oxygen atoms in total. The minimum Gasteiger partial charge on any atom is -0.545 e. The predicted molar refractivity (Wildman–Crippen MR) is 116 cm³/mol. The van der Waals surface area contributed by atoms with Gasteiger partial charge in [-0.15, -0.1) is 0 Å². The van der Waals surface area contributed by atoms with Gasteiger partial charge in [-0.05, 0) is 71.9 Å². The second-order valence-electron chi connectivity index (χ2n) is 8.16. The molecule has 1 aliphatic rings. The monoisotopic (exact) mass is 530 g/mol. The van der Waals surface area contributed by atoms with Gasteiger partial charge < -0.3 is 20.4 Å². The van der Waals surface area contributed by atoms with Gasteiger partial charge in [-0.3, -0.25) is 0 Å². The Morgan fingerprint density at radius 3 is 2.32 bits per heavy atom. The van der Waals surface area contributed by atoms with E-state index >= 15 is 0 Å². The van der Waals surface area contributed by atoms with Crippen LogP contribution in [0.25, 0.3) is 11.1 Å². The molecule has 0 fully saturated rings. The normalized spacial score (nSPS) is 13.5. The molecule has 2 N–H and O–H groups in total. The number of ether oxygens (including phenoxy) is 1. The van der Waals surface area contributed by atoms with E-state index < -0.39 is 41.8 Å². The van der Waals surface area contributed by atoms with Gasteiger partial charge in [0, 0.05) is 29.1 Å². The molecule has 1 aromatic heterocycles.